The number of carbonyl (C=O) groups is 1. The van der Waals surface area contributed by atoms with Crippen LogP contribution in [0.5, 0.6) is 0 Å². The third-order valence-electron chi connectivity index (χ3n) is 7.00. The zero-order valence-electron chi connectivity index (χ0n) is 22.4. The van der Waals surface area contributed by atoms with Crippen LogP contribution >= 0.6 is 0 Å². The minimum Gasteiger partial charge on any atom is -0.465 e. The Morgan fingerprint density at radius 1 is 1.26 bits per heavy atom. The maximum absolute atomic E-state index is 12.9. The first kappa shape index (κ1) is 28.0. The lowest BCUT2D eigenvalue weighted by molar-refractivity contribution is -0.145. The summed E-state index contributed by atoms with van der Waals surface area (Å²) in [4.78, 5) is 36.7. The maximum Gasteiger partial charge on any atom is 0.349 e. The van der Waals surface area contributed by atoms with Crippen molar-refractivity contribution in [2.24, 2.45) is 0 Å². The van der Waals surface area contributed by atoms with Crippen molar-refractivity contribution in [2.45, 2.75) is 58.0 Å². The summed E-state index contributed by atoms with van der Waals surface area (Å²) in [6.45, 7) is 5.76. The molecule has 0 amide bonds. The summed E-state index contributed by atoms with van der Waals surface area (Å²) in [6, 6.07) is 3.05. The van der Waals surface area contributed by atoms with E-state index in [1.54, 1.807) is 13.1 Å². The summed E-state index contributed by atoms with van der Waals surface area (Å²) >= 11 is 0. The van der Waals surface area contributed by atoms with Crippen molar-refractivity contribution in [3.8, 4) is 0 Å². The van der Waals surface area contributed by atoms with E-state index < -0.39 is 27.9 Å². The predicted molar refractivity (Wildman–Crippen MR) is 145 cm³/mol. The Morgan fingerprint density at radius 2 is 2.00 bits per heavy atom. The molecule has 1 fully saturated rings. The van der Waals surface area contributed by atoms with Gasteiger partial charge in [-0.25, -0.2) is 9.78 Å². The van der Waals surface area contributed by atoms with Crippen LogP contribution in [0, 0.1) is 6.92 Å². The normalized spacial score (nSPS) is 17.1. The highest BCUT2D eigenvalue weighted by molar-refractivity contribution is 7.87. The van der Waals surface area contributed by atoms with Gasteiger partial charge < -0.3 is 15.0 Å². The van der Waals surface area contributed by atoms with Gasteiger partial charge in [0.1, 0.15) is 17.7 Å². The Balaban J connectivity index is 1.46. The number of fused-ring (bicyclic) bond motifs is 1. The molecule has 12 nitrogen and oxygen atoms in total. The molecule has 0 saturated carbocycles. The molecule has 0 spiro atoms. The molecular formula is C25H37N7O5S. The molecule has 0 bridgehead atoms. The van der Waals surface area contributed by atoms with Crippen molar-refractivity contribution >= 4 is 27.8 Å². The average molecular weight is 548 g/mol. The van der Waals surface area contributed by atoms with Gasteiger partial charge in [0, 0.05) is 57.1 Å². The van der Waals surface area contributed by atoms with Gasteiger partial charge in [-0.05, 0) is 51.2 Å². The molecule has 2 aliphatic rings. The van der Waals surface area contributed by atoms with Crippen LogP contribution in [-0.2, 0) is 32.7 Å². The van der Waals surface area contributed by atoms with E-state index in [1.165, 1.54) is 24.2 Å². The van der Waals surface area contributed by atoms with Crippen LogP contribution in [0.2, 0.25) is 0 Å². The molecule has 208 valence electrons. The molecule has 2 aromatic rings. The highest BCUT2D eigenvalue weighted by atomic mass is 32.2. The second-order valence-corrected chi connectivity index (χ2v) is 11.8. The number of nitrogens with one attached hydrogen (secondary N) is 2. The summed E-state index contributed by atoms with van der Waals surface area (Å²) in [5.41, 5.74) is 2.58. The second kappa shape index (κ2) is 11.8. The quantitative estimate of drug-likeness (QED) is 0.441. The Hall–Kier alpha value is -3.03. The van der Waals surface area contributed by atoms with Crippen LogP contribution in [0.3, 0.4) is 0 Å². The van der Waals surface area contributed by atoms with Crippen LogP contribution in [0.4, 0.5) is 11.6 Å². The molecule has 1 saturated heterocycles. The third kappa shape index (κ3) is 6.33. The summed E-state index contributed by atoms with van der Waals surface area (Å²) in [5, 5.41) is 3.40. The molecular weight excluding hydrogens is 510 g/mol. The van der Waals surface area contributed by atoms with Crippen molar-refractivity contribution in [2.75, 3.05) is 50.6 Å². The highest BCUT2D eigenvalue weighted by Crippen LogP contribution is 2.31. The third-order valence-corrected chi connectivity index (χ3v) is 8.54. The SMILES string of the molecule is CCOC(=O)[C@H](Cn1cc(C)c(N2CCC(c3ccc4c(n3)NCCC4)CC2)nc1=O)NS(=O)(=O)N(C)C. The molecule has 2 aromatic heterocycles. The van der Waals surface area contributed by atoms with E-state index in [9.17, 15) is 18.0 Å². The van der Waals surface area contributed by atoms with Gasteiger partial charge in [0.25, 0.3) is 10.2 Å². The minimum absolute atomic E-state index is 0.0809. The predicted octanol–water partition coefficient (Wildman–Crippen LogP) is 1.02. The van der Waals surface area contributed by atoms with Crippen molar-refractivity contribution in [3.63, 3.8) is 0 Å². The fourth-order valence-electron chi connectivity index (χ4n) is 4.88. The van der Waals surface area contributed by atoms with Gasteiger partial charge in [-0.2, -0.15) is 22.4 Å². The van der Waals surface area contributed by atoms with Crippen LogP contribution in [0.25, 0.3) is 0 Å². The van der Waals surface area contributed by atoms with Gasteiger partial charge in [0.05, 0.1) is 13.2 Å². The zero-order valence-corrected chi connectivity index (χ0v) is 23.3. The zero-order chi connectivity index (χ0) is 27.4. The first-order chi connectivity index (χ1) is 18.1. The van der Waals surface area contributed by atoms with Gasteiger partial charge in [0.2, 0.25) is 0 Å². The number of hydrogen-bond donors (Lipinski definition) is 2. The summed E-state index contributed by atoms with van der Waals surface area (Å²) in [5.74, 6) is 1.19. The standard InChI is InChI=1S/C25H37N7O5S/c1-5-37-24(33)21(29-38(35,36)30(3)4)16-32-15-17(2)23(28-25(32)34)31-13-10-18(11-14-31)20-9-8-19-7-6-12-26-22(19)27-20/h8-9,15,18,21,29H,5-7,10-14,16H2,1-4H3,(H,26,27)/t21-/m0/s1. The summed E-state index contributed by atoms with van der Waals surface area (Å²) < 4.78 is 34.2. The van der Waals surface area contributed by atoms with Crippen molar-refractivity contribution in [1.29, 1.82) is 0 Å². The van der Waals surface area contributed by atoms with Crippen molar-refractivity contribution < 1.29 is 17.9 Å². The van der Waals surface area contributed by atoms with E-state index in [2.05, 4.69) is 32.1 Å². The molecule has 0 radical (unpaired) electrons. The van der Waals surface area contributed by atoms with Gasteiger partial charge in [-0.1, -0.05) is 6.07 Å². The first-order valence-electron chi connectivity index (χ1n) is 13.0. The van der Waals surface area contributed by atoms with Crippen molar-refractivity contribution in [3.05, 3.63) is 45.6 Å². The maximum atomic E-state index is 12.9. The smallest absolute Gasteiger partial charge is 0.349 e. The lowest BCUT2D eigenvalue weighted by atomic mass is 9.92. The number of esters is 1. The first-order valence-corrected chi connectivity index (χ1v) is 14.5. The molecule has 0 aliphatic carbocycles. The number of aryl methyl sites for hydroxylation is 2. The van der Waals surface area contributed by atoms with Crippen LogP contribution in [0.15, 0.2) is 23.1 Å². The number of rotatable bonds is 9. The largest absolute Gasteiger partial charge is 0.465 e. The van der Waals surface area contributed by atoms with Gasteiger partial charge in [-0.3, -0.25) is 9.36 Å². The minimum atomic E-state index is -3.93. The van der Waals surface area contributed by atoms with E-state index in [0.29, 0.717) is 11.7 Å². The molecule has 38 heavy (non-hydrogen) atoms. The molecule has 4 rings (SSSR count). The van der Waals surface area contributed by atoms with Crippen LogP contribution in [0.1, 0.15) is 48.9 Å². The van der Waals surface area contributed by atoms with Crippen LogP contribution < -0.4 is 20.6 Å². The number of pyridine rings is 1. The van der Waals surface area contributed by atoms with E-state index in [1.807, 2.05) is 6.92 Å². The van der Waals surface area contributed by atoms with E-state index in [-0.39, 0.29) is 13.2 Å². The molecule has 0 aromatic carbocycles. The lowest BCUT2D eigenvalue weighted by Gasteiger charge is -2.33. The number of piperidine rings is 1. The second-order valence-electron chi connectivity index (χ2n) is 9.93. The number of ether oxygens (including phenoxy) is 1. The molecule has 2 N–H and O–H groups in total. The van der Waals surface area contributed by atoms with Gasteiger partial charge in [0.15, 0.2) is 0 Å². The Labute approximate surface area is 223 Å². The number of nitrogens with zero attached hydrogens (tertiary/aromatic N) is 5. The summed E-state index contributed by atoms with van der Waals surface area (Å²) in [7, 11) is -1.24. The fraction of sp³-hybridized carbons (Fsp3) is 0.600. The molecule has 4 heterocycles. The average Bonchev–Trinajstić information content (AvgIpc) is 2.90. The monoisotopic (exact) mass is 547 g/mol. The number of aromatic nitrogens is 3. The van der Waals surface area contributed by atoms with E-state index in [4.69, 9.17) is 9.72 Å². The van der Waals surface area contributed by atoms with Gasteiger partial charge >= 0.3 is 11.7 Å². The van der Waals surface area contributed by atoms with Crippen molar-refractivity contribution in [1.82, 2.24) is 23.6 Å². The number of anilines is 2. The summed E-state index contributed by atoms with van der Waals surface area (Å²) in [6.07, 6.45) is 5.60. The van der Waals surface area contributed by atoms with E-state index >= 15 is 0 Å². The molecule has 13 heteroatoms. The van der Waals surface area contributed by atoms with E-state index in [0.717, 1.165) is 66.7 Å². The van der Waals surface area contributed by atoms with Gasteiger partial charge in [-0.15, -0.1) is 0 Å². The van der Waals surface area contributed by atoms with Crippen LogP contribution in [-0.4, -0.2) is 79.6 Å². The topological polar surface area (TPSA) is 139 Å². The molecule has 2 aliphatic heterocycles. The number of hydrogen-bond acceptors (Lipinski definition) is 9. The lowest BCUT2D eigenvalue weighted by Crippen LogP contribution is -2.49. The Morgan fingerprint density at radius 3 is 2.68 bits per heavy atom. The fourth-order valence-corrected chi connectivity index (χ4v) is 5.62. The Bertz CT molecular complexity index is 1320. The number of carbonyl (C=O) groups excluding carboxylic acids is 1. The Kier molecular flexibility index (Phi) is 8.68. The highest BCUT2D eigenvalue weighted by Gasteiger charge is 2.29. The molecule has 1 atom stereocenters. The molecule has 0 unspecified atom stereocenters.